The quantitative estimate of drug-likeness (QED) is 0.857. The second-order valence-corrected chi connectivity index (χ2v) is 3.84. The third kappa shape index (κ3) is 1.79. The van der Waals surface area contributed by atoms with E-state index in [0.717, 1.165) is 17.1 Å². The van der Waals surface area contributed by atoms with Crippen molar-refractivity contribution in [2.45, 2.75) is 20.4 Å². The first-order valence-corrected chi connectivity index (χ1v) is 5.24. The average Bonchev–Trinajstić information content (AvgIpc) is 2.57. The second-order valence-electron chi connectivity index (χ2n) is 3.47. The molecule has 84 valence electrons. The van der Waals surface area contributed by atoms with Gasteiger partial charge >= 0.3 is 0 Å². The molecule has 0 aromatic carbocycles. The maximum Gasteiger partial charge on any atom is 0.172 e. The number of nitrogens with two attached hydrogens (primary N) is 1. The largest absolute Gasteiger partial charge is 0.325 e. The van der Waals surface area contributed by atoms with E-state index in [1.807, 2.05) is 13.8 Å². The molecule has 0 radical (unpaired) electrons. The summed E-state index contributed by atoms with van der Waals surface area (Å²) in [7, 11) is 0. The molecule has 0 aliphatic carbocycles. The van der Waals surface area contributed by atoms with E-state index >= 15 is 0 Å². The van der Waals surface area contributed by atoms with Gasteiger partial charge in [-0.2, -0.15) is 5.10 Å². The first kappa shape index (κ1) is 11.0. The van der Waals surface area contributed by atoms with Gasteiger partial charge in [0, 0.05) is 6.54 Å². The Hall–Kier alpha value is -1.46. The minimum atomic E-state index is 0.380. The van der Waals surface area contributed by atoms with Gasteiger partial charge in [0.15, 0.2) is 5.82 Å². The van der Waals surface area contributed by atoms with E-state index in [0.29, 0.717) is 17.4 Å². The van der Waals surface area contributed by atoms with Crippen molar-refractivity contribution in [3.8, 4) is 5.82 Å². The Morgan fingerprint density at radius 2 is 2.06 bits per heavy atom. The molecule has 0 spiro atoms. The molecule has 0 amide bonds. The maximum absolute atomic E-state index is 6.06. The highest BCUT2D eigenvalue weighted by Gasteiger charge is 2.11. The van der Waals surface area contributed by atoms with Crippen molar-refractivity contribution in [1.29, 1.82) is 0 Å². The lowest BCUT2D eigenvalue weighted by Crippen LogP contribution is -2.06. The second kappa shape index (κ2) is 4.19. The van der Waals surface area contributed by atoms with Gasteiger partial charge in [0.25, 0.3) is 0 Å². The van der Waals surface area contributed by atoms with Crippen molar-refractivity contribution >= 4 is 11.6 Å². The third-order valence-corrected chi connectivity index (χ3v) is 2.87. The van der Waals surface area contributed by atoms with Crippen molar-refractivity contribution in [2.75, 3.05) is 0 Å². The molecular weight excluding hydrogens is 226 g/mol. The Morgan fingerprint density at radius 3 is 2.50 bits per heavy atom. The smallest absolute Gasteiger partial charge is 0.172 e. The van der Waals surface area contributed by atoms with Crippen LogP contribution in [0.3, 0.4) is 0 Å². The first-order chi connectivity index (χ1) is 7.63. The van der Waals surface area contributed by atoms with E-state index in [1.54, 1.807) is 17.1 Å². The zero-order chi connectivity index (χ0) is 11.7. The van der Waals surface area contributed by atoms with E-state index in [9.17, 15) is 0 Å². The van der Waals surface area contributed by atoms with Crippen LogP contribution in [0.5, 0.6) is 0 Å². The van der Waals surface area contributed by atoms with Gasteiger partial charge in [-0.25, -0.2) is 9.67 Å². The summed E-state index contributed by atoms with van der Waals surface area (Å²) in [5.41, 5.74) is 7.83. The minimum absolute atomic E-state index is 0.380. The van der Waals surface area contributed by atoms with Gasteiger partial charge in [0.05, 0.1) is 34.5 Å². The predicted molar refractivity (Wildman–Crippen MR) is 61.5 cm³/mol. The van der Waals surface area contributed by atoms with Crippen molar-refractivity contribution < 1.29 is 0 Å². The van der Waals surface area contributed by atoms with E-state index in [-0.39, 0.29) is 0 Å². The molecule has 0 aliphatic heterocycles. The zero-order valence-corrected chi connectivity index (χ0v) is 9.86. The van der Waals surface area contributed by atoms with Crippen LogP contribution >= 0.6 is 11.6 Å². The molecule has 0 aliphatic rings. The molecule has 0 unspecified atom stereocenters. The molecule has 0 saturated carbocycles. The van der Waals surface area contributed by atoms with Gasteiger partial charge < -0.3 is 5.73 Å². The first-order valence-electron chi connectivity index (χ1n) is 4.86. The highest BCUT2D eigenvalue weighted by Crippen LogP contribution is 2.20. The summed E-state index contributed by atoms with van der Waals surface area (Å²) in [5.74, 6) is 0.643. The number of aryl methyl sites for hydroxylation is 1. The Labute approximate surface area is 98.3 Å². The van der Waals surface area contributed by atoms with Crippen LogP contribution in [-0.4, -0.2) is 19.7 Å². The van der Waals surface area contributed by atoms with Gasteiger partial charge in [0.2, 0.25) is 0 Å². The molecule has 0 saturated heterocycles. The molecule has 0 bridgehead atoms. The standard InChI is InChI=1S/C10H12ClN5/c1-6-10(11)7(2)16(15-6)9-5-13-8(3-12)4-14-9/h4-5H,3,12H2,1-2H3. The van der Waals surface area contributed by atoms with Crippen molar-refractivity contribution in [3.63, 3.8) is 0 Å². The van der Waals surface area contributed by atoms with Crippen LogP contribution in [0.4, 0.5) is 0 Å². The van der Waals surface area contributed by atoms with Crippen LogP contribution in [0, 0.1) is 13.8 Å². The normalized spacial score (nSPS) is 10.8. The Morgan fingerprint density at radius 1 is 1.31 bits per heavy atom. The number of hydrogen-bond donors (Lipinski definition) is 1. The molecule has 2 aromatic rings. The molecule has 2 rings (SSSR count). The topological polar surface area (TPSA) is 69.6 Å². The van der Waals surface area contributed by atoms with Gasteiger partial charge in [0.1, 0.15) is 0 Å². The summed E-state index contributed by atoms with van der Waals surface area (Å²) in [4.78, 5) is 8.40. The van der Waals surface area contributed by atoms with Crippen LogP contribution in [0.1, 0.15) is 17.1 Å². The fourth-order valence-electron chi connectivity index (χ4n) is 1.41. The molecule has 0 atom stereocenters. The lowest BCUT2D eigenvalue weighted by molar-refractivity contribution is 0.791. The summed E-state index contributed by atoms with van der Waals surface area (Å²) >= 11 is 6.06. The van der Waals surface area contributed by atoms with Gasteiger partial charge in [-0.3, -0.25) is 4.98 Å². The molecule has 6 heteroatoms. The van der Waals surface area contributed by atoms with Crippen molar-refractivity contribution in [1.82, 2.24) is 19.7 Å². The van der Waals surface area contributed by atoms with Crippen LogP contribution in [0.2, 0.25) is 5.02 Å². The molecule has 5 nitrogen and oxygen atoms in total. The van der Waals surface area contributed by atoms with E-state index < -0.39 is 0 Å². The van der Waals surface area contributed by atoms with E-state index in [1.165, 1.54) is 0 Å². The van der Waals surface area contributed by atoms with Crippen LogP contribution < -0.4 is 5.73 Å². The lowest BCUT2D eigenvalue weighted by Gasteiger charge is -2.03. The molecule has 2 heterocycles. The molecule has 2 N–H and O–H groups in total. The van der Waals surface area contributed by atoms with Crippen LogP contribution in [0.25, 0.3) is 5.82 Å². The number of hydrogen-bond acceptors (Lipinski definition) is 4. The van der Waals surface area contributed by atoms with Crippen LogP contribution in [0.15, 0.2) is 12.4 Å². The summed E-state index contributed by atoms with van der Waals surface area (Å²) < 4.78 is 1.67. The van der Waals surface area contributed by atoms with Crippen LogP contribution in [-0.2, 0) is 6.54 Å². The lowest BCUT2D eigenvalue weighted by atomic mass is 10.4. The summed E-state index contributed by atoms with van der Waals surface area (Å²) in [6.07, 6.45) is 3.28. The number of rotatable bonds is 2. The number of aromatic nitrogens is 4. The highest BCUT2D eigenvalue weighted by molar-refractivity contribution is 6.31. The maximum atomic E-state index is 6.06. The summed E-state index contributed by atoms with van der Waals surface area (Å²) in [6.45, 7) is 4.12. The molecule has 0 fully saturated rings. The van der Waals surface area contributed by atoms with Gasteiger partial charge in [-0.05, 0) is 13.8 Å². The van der Waals surface area contributed by atoms with Gasteiger partial charge in [-0.1, -0.05) is 11.6 Å². The monoisotopic (exact) mass is 237 g/mol. The Kier molecular flexibility index (Phi) is 2.89. The zero-order valence-electron chi connectivity index (χ0n) is 9.11. The third-order valence-electron chi connectivity index (χ3n) is 2.32. The molecule has 2 aromatic heterocycles. The predicted octanol–water partition coefficient (Wildman–Crippen LogP) is 1.39. The molecular formula is C10H12ClN5. The number of nitrogens with zero attached hydrogens (tertiary/aromatic N) is 4. The minimum Gasteiger partial charge on any atom is -0.325 e. The number of halogens is 1. The summed E-state index contributed by atoms with van der Waals surface area (Å²) in [6, 6.07) is 0. The SMILES string of the molecule is Cc1nn(-c2cnc(CN)cn2)c(C)c1Cl. The van der Waals surface area contributed by atoms with Crippen molar-refractivity contribution in [2.24, 2.45) is 5.73 Å². The fourth-order valence-corrected chi connectivity index (χ4v) is 1.53. The molecule has 16 heavy (non-hydrogen) atoms. The Bertz CT molecular complexity index is 503. The fraction of sp³-hybridized carbons (Fsp3) is 0.300. The Balaban J connectivity index is 2.46. The summed E-state index contributed by atoms with van der Waals surface area (Å²) in [5, 5.41) is 4.94. The van der Waals surface area contributed by atoms with E-state index in [4.69, 9.17) is 17.3 Å². The highest BCUT2D eigenvalue weighted by atomic mass is 35.5. The average molecular weight is 238 g/mol. The van der Waals surface area contributed by atoms with E-state index in [2.05, 4.69) is 15.1 Å². The van der Waals surface area contributed by atoms with Crippen molar-refractivity contribution in [3.05, 3.63) is 34.5 Å². The van der Waals surface area contributed by atoms with Gasteiger partial charge in [-0.15, -0.1) is 0 Å².